The van der Waals surface area contributed by atoms with Gasteiger partial charge in [-0.25, -0.2) is 0 Å². The van der Waals surface area contributed by atoms with Crippen LogP contribution in [0.3, 0.4) is 0 Å². The molecule has 1 aromatic carbocycles. The minimum Gasteiger partial charge on any atom is -0.339 e. The fraction of sp³-hybridized carbons (Fsp3) is 0.571. The zero-order valence-electron chi connectivity index (χ0n) is 15.9. The number of rotatable bonds is 2. The molecule has 27 heavy (non-hydrogen) atoms. The fourth-order valence-electron chi connectivity index (χ4n) is 4.61. The van der Waals surface area contributed by atoms with Crippen LogP contribution in [0, 0.1) is 5.92 Å². The van der Waals surface area contributed by atoms with Gasteiger partial charge in [0.25, 0.3) is 5.91 Å². The van der Waals surface area contributed by atoms with Crippen molar-refractivity contribution >= 4 is 23.4 Å². The van der Waals surface area contributed by atoms with Crippen molar-refractivity contribution in [3.63, 3.8) is 0 Å². The van der Waals surface area contributed by atoms with Crippen LogP contribution in [0.5, 0.6) is 0 Å². The van der Waals surface area contributed by atoms with Gasteiger partial charge in [0.1, 0.15) is 0 Å². The standard InChI is InChI=1S/C21H27N3O3/c1-15(25)24-9-8-17-14-18(6-7-19(17)24)21(27)23-12-10-22(11-13-23)20(26)16-4-2-3-5-16/h6-7,14,16H,2-5,8-13H2,1H3. The first kappa shape index (κ1) is 18.0. The van der Waals surface area contributed by atoms with Gasteiger partial charge in [-0.05, 0) is 43.0 Å². The summed E-state index contributed by atoms with van der Waals surface area (Å²) in [6.07, 6.45) is 5.15. The van der Waals surface area contributed by atoms with Gasteiger partial charge >= 0.3 is 0 Å². The van der Waals surface area contributed by atoms with Crippen molar-refractivity contribution in [2.45, 2.75) is 39.0 Å². The van der Waals surface area contributed by atoms with Crippen molar-refractivity contribution < 1.29 is 14.4 Å². The summed E-state index contributed by atoms with van der Waals surface area (Å²) >= 11 is 0. The predicted octanol–water partition coefficient (Wildman–Crippen LogP) is 2.07. The van der Waals surface area contributed by atoms with Crippen LogP contribution in [-0.4, -0.2) is 60.2 Å². The third-order valence-corrected chi connectivity index (χ3v) is 6.19. The van der Waals surface area contributed by atoms with Gasteiger partial charge in [0, 0.05) is 56.8 Å². The summed E-state index contributed by atoms with van der Waals surface area (Å²) in [5, 5.41) is 0. The molecule has 0 radical (unpaired) electrons. The van der Waals surface area contributed by atoms with E-state index in [2.05, 4.69) is 0 Å². The van der Waals surface area contributed by atoms with E-state index < -0.39 is 0 Å². The maximum Gasteiger partial charge on any atom is 0.253 e. The lowest BCUT2D eigenvalue weighted by Gasteiger charge is -2.36. The highest BCUT2D eigenvalue weighted by Crippen LogP contribution is 2.30. The molecule has 6 nitrogen and oxygen atoms in total. The van der Waals surface area contributed by atoms with Crippen LogP contribution >= 0.6 is 0 Å². The van der Waals surface area contributed by atoms with Gasteiger partial charge in [-0.15, -0.1) is 0 Å². The maximum absolute atomic E-state index is 12.9. The van der Waals surface area contributed by atoms with Crippen LogP contribution in [0.15, 0.2) is 18.2 Å². The van der Waals surface area contributed by atoms with E-state index in [0.29, 0.717) is 38.3 Å². The van der Waals surface area contributed by atoms with Gasteiger partial charge in [-0.3, -0.25) is 14.4 Å². The molecule has 0 spiro atoms. The Morgan fingerprint density at radius 2 is 1.59 bits per heavy atom. The van der Waals surface area contributed by atoms with Gasteiger partial charge < -0.3 is 14.7 Å². The minimum atomic E-state index is 0.0204. The van der Waals surface area contributed by atoms with Crippen LogP contribution in [-0.2, 0) is 16.0 Å². The minimum absolute atomic E-state index is 0.0204. The second-order valence-corrected chi connectivity index (χ2v) is 7.86. The molecule has 2 heterocycles. The molecule has 0 bridgehead atoms. The number of amides is 3. The van der Waals surface area contributed by atoms with Crippen molar-refractivity contribution in [1.29, 1.82) is 0 Å². The molecule has 1 aliphatic carbocycles. The van der Waals surface area contributed by atoms with E-state index in [4.69, 9.17) is 0 Å². The molecule has 144 valence electrons. The molecule has 2 fully saturated rings. The average Bonchev–Trinajstić information content (AvgIpc) is 3.36. The molecular formula is C21H27N3O3. The van der Waals surface area contributed by atoms with E-state index in [0.717, 1.165) is 43.4 Å². The van der Waals surface area contributed by atoms with Gasteiger partial charge in [0.15, 0.2) is 0 Å². The number of carbonyl (C=O) groups is 3. The predicted molar refractivity (Wildman–Crippen MR) is 103 cm³/mol. The van der Waals surface area contributed by atoms with Gasteiger partial charge in [-0.2, -0.15) is 0 Å². The smallest absolute Gasteiger partial charge is 0.253 e. The number of benzene rings is 1. The lowest BCUT2D eigenvalue weighted by Crippen LogP contribution is -2.51. The Kier molecular flexibility index (Phi) is 4.89. The second-order valence-electron chi connectivity index (χ2n) is 7.86. The number of fused-ring (bicyclic) bond motifs is 1. The third-order valence-electron chi connectivity index (χ3n) is 6.19. The Balaban J connectivity index is 1.38. The Labute approximate surface area is 160 Å². The van der Waals surface area contributed by atoms with Gasteiger partial charge in [0.05, 0.1) is 0 Å². The molecule has 0 unspecified atom stereocenters. The molecule has 0 aromatic heterocycles. The van der Waals surface area contributed by atoms with Gasteiger partial charge in [0.2, 0.25) is 11.8 Å². The van der Waals surface area contributed by atoms with Crippen LogP contribution in [0.4, 0.5) is 5.69 Å². The monoisotopic (exact) mass is 369 g/mol. The maximum atomic E-state index is 12.9. The zero-order valence-corrected chi connectivity index (χ0v) is 15.9. The molecule has 2 aliphatic heterocycles. The normalized spacial score (nSPS) is 20.1. The summed E-state index contributed by atoms with van der Waals surface area (Å²) in [6.45, 7) is 4.70. The molecule has 6 heteroatoms. The van der Waals surface area contributed by atoms with Gasteiger partial charge in [-0.1, -0.05) is 12.8 Å². The first-order valence-corrected chi connectivity index (χ1v) is 10.0. The molecule has 3 amide bonds. The highest BCUT2D eigenvalue weighted by molar-refractivity contribution is 5.98. The lowest BCUT2D eigenvalue weighted by molar-refractivity contribution is -0.136. The number of anilines is 1. The Bertz CT molecular complexity index is 762. The summed E-state index contributed by atoms with van der Waals surface area (Å²) < 4.78 is 0. The Morgan fingerprint density at radius 3 is 2.26 bits per heavy atom. The molecule has 0 N–H and O–H groups in total. The molecular weight excluding hydrogens is 342 g/mol. The molecule has 1 aromatic rings. The fourth-order valence-corrected chi connectivity index (χ4v) is 4.61. The topological polar surface area (TPSA) is 60.9 Å². The average molecular weight is 369 g/mol. The first-order valence-electron chi connectivity index (χ1n) is 10.0. The quantitative estimate of drug-likeness (QED) is 0.802. The summed E-state index contributed by atoms with van der Waals surface area (Å²) in [6, 6.07) is 5.63. The Hall–Kier alpha value is -2.37. The van der Waals surface area contributed by atoms with E-state index >= 15 is 0 Å². The number of carbonyl (C=O) groups excluding carboxylic acids is 3. The summed E-state index contributed by atoms with van der Waals surface area (Å²) in [5.41, 5.74) is 2.66. The largest absolute Gasteiger partial charge is 0.339 e. The van der Waals surface area contributed by atoms with E-state index in [1.54, 1.807) is 11.8 Å². The van der Waals surface area contributed by atoms with E-state index in [1.807, 2.05) is 28.0 Å². The highest BCUT2D eigenvalue weighted by Gasteiger charge is 2.31. The first-order chi connectivity index (χ1) is 13.0. The molecule has 0 atom stereocenters. The van der Waals surface area contributed by atoms with Crippen molar-refractivity contribution in [3.05, 3.63) is 29.3 Å². The second kappa shape index (κ2) is 7.33. The number of hydrogen-bond donors (Lipinski definition) is 0. The number of nitrogens with zero attached hydrogens (tertiary/aromatic N) is 3. The summed E-state index contributed by atoms with van der Waals surface area (Å²) in [5.74, 6) is 0.539. The SMILES string of the molecule is CC(=O)N1CCc2cc(C(=O)N3CCN(C(=O)C4CCCC4)CC3)ccc21. The molecule has 3 aliphatic rings. The van der Waals surface area contributed by atoms with E-state index in [1.165, 1.54) is 0 Å². The van der Waals surface area contributed by atoms with Crippen molar-refractivity contribution in [2.24, 2.45) is 5.92 Å². The third kappa shape index (κ3) is 3.45. The van der Waals surface area contributed by atoms with Crippen LogP contribution < -0.4 is 4.90 Å². The van der Waals surface area contributed by atoms with Crippen molar-refractivity contribution in [1.82, 2.24) is 9.80 Å². The zero-order chi connectivity index (χ0) is 19.0. The van der Waals surface area contributed by atoms with Crippen molar-refractivity contribution in [2.75, 3.05) is 37.6 Å². The van der Waals surface area contributed by atoms with Crippen LogP contribution in [0.2, 0.25) is 0 Å². The Morgan fingerprint density at radius 1 is 0.926 bits per heavy atom. The molecule has 4 rings (SSSR count). The summed E-state index contributed by atoms with van der Waals surface area (Å²) in [7, 11) is 0. The molecule has 1 saturated carbocycles. The summed E-state index contributed by atoms with van der Waals surface area (Å²) in [4.78, 5) is 42.7. The highest BCUT2D eigenvalue weighted by atomic mass is 16.2. The molecule has 1 saturated heterocycles. The number of piperazine rings is 1. The van der Waals surface area contributed by atoms with Crippen molar-refractivity contribution in [3.8, 4) is 0 Å². The van der Waals surface area contributed by atoms with E-state index in [-0.39, 0.29) is 23.6 Å². The van der Waals surface area contributed by atoms with Crippen LogP contribution in [0.1, 0.15) is 48.5 Å². The van der Waals surface area contributed by atoms with Crippen LogP contribution in [0.25, 0.3) is 0 Å². The lowest BCUT2D eigenvalue weighted by atomic mass is 10.1. The number of hydrogen-bond acceptors (Lipinski definition) is 3. The van der Waals surface area contributed by atoms with E-state index in [9.17, 15) is 14.4 Å².